The predicted molar refractivity (Wildman–Crippen MR) is 116 cm³/mol. The number of aryl methyl sites for hydroxylation is 1. The first-order valence-electron chi connectivity index (χ1n) is 9.35. The highest BCUT2D eigenvalue weighted by atomic mass is 32.2. The third kappa shape index (κ3) is 5.64. The Hall–Kier alpha value is -2.78. The SMILES string of the molecule is CCOC(=O)Cn1c(=NC(=O)CS(=O)(=O)Cc2ccccc2)sc2cc(C)ccc21. The van der Waals surface area contributed by atoms with Gasteiger partial charge in [-0.3, -0.25) is 9.59 Å². The van der Waals surface area contributed by atoms with Crippen molar-refractivity contribution < 1.29 is 22.7 Å². The van der Waals surface area contributed by atoms with Crippen LogP contribution in [0.5, 0.6) is 0 Å². The molecule has 0 saturated heterocycles. The smallest absolute Gasteiger partial charge is 0.326 e. The summed E-state index contributed by atoms with van der Waals surface area (Å²) < 4.78 is 32.3. The predicted octanol–water partition coefficient (Wildman–Crippen LogP) is 2.62. The third-order valence-corrected chi connectivity index (χ3v) is 6.73. The number of aromatic nitrogens is 1. The van der Waals surface area contributed by atoms with E-state index in [0.29, 0.717) is 5.56 Å². The maximum absolute atomic E-state index is 12.5. The molecule has 1 amide bonds. The summed E-state index contributed by atoms with van der Waals surface area (Å²) in [4.78, 5) is 28.8. The zero-order valence-corrected chi connectivity index (χ0v) is 18.3. The molecule has 3 rings (SSSR count). The van der Waals surface area contributed by atoms with Gasteiger partial charge in [0, 0.05) is 0 Å². The Morgan fingerprint density at radius 3 is 2.57 bits per heavy atom. The standard InChI is InChI=1S/C21H22N2O5S2/c1-3-28-20(25)12-23-17-10-9-15(2)11-18(17)29-21(23)22-19(24)14-30(26,27)13-16-7-5-4-6-8-16/h4-11H,3,12-14H2,1-2H3. The van der Waals surface area contributed by atoms with E-state index in [4.69, 9.17) is 4.74 Å². The Morgan fingerprint density at radius 1 is 1.13 bits per heavy atom. The lowest BCUT2D eigenvalue weighted by Crippen LogP contribution is -2.25. The molecule has 0 bridgehead atoms. The summed E-state index contributed by atoms with van der Waals surface area (Å²) in [7, 11) is -3.67. The zero-order valence-electron chi connectivity index (χ0n) is 16.7. The van der Waals surface area contributed by atoms with E-state index >= 15 is 0 Å². The van der Waals surface area contributed by atoms with Crippen molar-refractivity contribution in [2.45, 2.75) is 26.1 Å². The normalized spacial score (nSPS) is 12.3. The van der Waals surface area contributed by atoms with Gasteiger partial charge in [-0.05, 0) is 37.1 Å². The minimum Gasteiger partial charge on any atom is -0.465 e. The number of amides is 1. The van der Waals surface area contributed by atoms with Gasteiger partial charge in [0.05, 0.1) is 22.6 Å². The van der Waals surface area contributed by atoms with Crippen LogP contribution in [0.1, 0.15) is 18.1 Å². The molecule has 0 N–H and O–H groups in total. The van der Waals surface area contributed by atoms with Gasteiger partial charge in [0.1, 0.15) is 12.3 Å². The molecule has 0 spiro atoms. The second kappa shape index (κ2) is 9.36. The summed E-state index contributed by atoms with van der Waals surface area (Å²) in [5.41, 5.74) is 2.37. The minimum atomic E-state index is -3.67. The molecule has 158 valence electrons. The van der Waals surface area contributed by atoms with Crippen molar-refractivity contribution >= 4 is 43.3 Å². The molecular weight excluding hydrogens is 424 g/mol. The lowest BCUT2D eigenvalue weighted by Gasteiger charge is -2.05. The number of fused-ring (bicyclic) bond motifs is 1. The highest BCUT2D eigenvalue weighted by Crippen LogP contribution is 2.19. The third-order valence-electron chi connectivity index (χ3n) is 4.22. The van der Waals surface area contributed by atoms with E-state index in [9.17, 15) is 18.0 Å². The Balaban J connectivity index is 1.92. The van der Waals surface area contributed by atoms with Gasteiger partial charge in [-0.25, -0.2) is 8.42 Å². The number of carbonyl (C=O) groups is 2. The number of benzene rings is 2. The molecule has 0 radical (unpaired) electrons. The number of sulfone groups is 1. The molecule has 0 aliphatic carbocycles. The number of hydrogen-bond acceptors (Lipinski definition) is 6. The molecule has 0 aliphatic rings. The molecule has 1 aromatic heterocycles. The Morgan fingerprint density at radius 2 is 1.87 bits per heavy atom. The van der Waals surface area contributed by atoms with Crippen LogP contribution in [0.15, 0.2) is 53.5 Å². The van der Waals surface area contributed by atoms with Gasteiger partial charge in [-0.2, -0.15) is 4.99 Å². The molecule has 0 saturated carbocycles. The Labute approximate surface area is 178 Å². The van der Waals surface area contributed by atoms with Gasteiger partial charge in [0.15, 0.2) is 14.6 Å². The first-order valence-corrected chi connectivity index (χ1v) is 12.0. The van der Waals surface area contributed by atoms with Crippen LogP contribution in [0.2, 0.25) is 0 Å². The number of hydrogen-bond donors (Lipinski definition) is 0. The zero-order chi connectivity index (χ0) is 21.7. The topological polar surface area (TPSA) is 94.8 Å². The van der Waals surface area contributed by atoms with Crippen molar-refractivity contribution in [2.75, 3.05) is 12.4 Å². The van der Waals surface area contributed by atoms with Crippen LogP contribution >= 0.6 is 11.3 Å². The summed E-state index contributed by atoms with van der Waals surface area (Å²) in [5.74, 6) is -2.16. The number of rotatable bonds is 7. The first-order chi connectivity index (χ1) is 14.3. The highest BCUT2D eigenvalue weighted by molar-refractivity contribution is 7.91. The quantitative estimate of drug-likeness (QED) is 0.520. The number of esters is 1. The highest BCUT2D eigenvalue weighted by Gasteiger charge is 2.18. The molecule has 0 atom stereocenters. The van der Waals surface area contributed by atoms with Crippen LogP contribution < -0.4 is 4.80 Å². The van der Waals surface area contributed by atoms with Crippen LogP contribution in [0.3, 0.4) is 0 Å². The number of ether oxygens (including phenoxy) is 1. The summed E-state index contributed by atoms with van der Waals surface area (Å²) in [6.45, 7) is 3.78. The van der Waals surface area contributed by atoms with Crippen molar-refractivity contribution in [1.82, 2.24) is 4.57 Å². The average molecular weight is 447 g/mol. The molecule has 0 aliphatic heterocycles. The molecule has 0 unspecified atom stereocenters. The van der Waals surface area contributed by atoms with Crippen molar-refractivity contribution in [3.8, 4) is 0 Å². The van der Waals surface area contributed by atoms with E-state index in [2.05, 4.69) is 4.99 Å². The van der Waals surface area contributed by atoms with E-state index in [1.54, 1.807) is 41.8 Å². The Bertz CT molecular complexity index is 1240. The maximum atomic E-state index is 12.5. The molecule has 3 aromatic rings. The summed E-state index contributed by atoms with van der Waals surface area (Å²) in [6, 6.07) is 14.3. The number of nitrogens with zero attached hydrogens (tertiary/aromatic N) is 2. The van der Waals surface area contributed by atoms with E-state index in [0.717, 1.165) is 15.8 Å². The van der Waals surface area contributed by atoms with Crippen molar-refractivity contribution in [2.24, 2.45) is 4.99 Å². The summed E-state index contributed by atoms with van der Waals surface area (Å²) >= 11 is 1.23. The number of thiazole rings is 1. The molecular formula is C21H22N2O5S2. The van der Waals surface area contributed by atoms with Crippen molar-refractivity contribution in [1.29, 1.82) is 0 Å². The van der Waals surface area contributed by atoms with Crippen molar-refractivity contribution in [3.05, 3.63) is 64.5 Å². The van der Waals surface area contributed by atoms with Gasteiger partial charge in [0.25, 0.3) is 5.91 Å². The fourth-order valence-electron chi connectivity index (χ4n) is 2.96. The monoisotopic (exact) mass is 446 g/mol. The molecule has 2 aromatic carbocycles. The second-order valence-corrected chi connectivity index (χ2v) is 9.84. The van der Waals surface area contributed by atoms with Gasteiger partial charge < -0.3 is 9.30 Å². The summed E-state index contributed by atoms with van der Waals surface area (Å²) in [6.07, 6.45) is 0. The lowest BCUT2D eigenvalue weighted by atomic mass is 10.2. The summed E-state index contributed by atoms with van der Waals surface area (Å²) in [5, 5.41) is 0. The lowest BCUT2D eigenvalue weighted by molar-refractivity contribution is -0.143. The molecule has 1 heterocycles. The van der Waals surface area contributed by atoms with Crippen LogP contribution in [-0.2, 0) is 36.5 Å². The number of carbonyl (C=O) groups excluding carboxylic acids is 2. The molecule has 9 heteroatoms. The van der Waals surface area contributed by atoms with Gasteiger partial charge in [-0.1, -0.05) is 47.7 Å². The van der Waals surface area contributed by atoms with Crippen LogP contribution in [-0.4, -0.2) is 37.2 Å². The van der Waals surface area contributed by atoms with E-state index in [-0.39, 0.29) is 23.7 Å². The molecule has 0 fully saturated rings. The van der Waals surface area contributed by atoms with Gasteiger partial charge in [-0.15, -0.1) is 0 Å². The first kappa shape index (κ1) is 21.9. The maximum Gasteiger partial charge on any atom is 0.326 e. The molecule has 30 heavy (non-hydrogen) atoms. The van der Waals surface area contributed by atoms with E-state index in [1.807, 2.05) is 25.1 Å². The fourth-order valence-corrected chi connectivity index (χ4v) is 5.35. The van der Waals surface area contributed by atoms with Crippen LogP contribution in [0.4, 0.5) is 0 Å². The van der Waals surface area contributed by atoms with Crippen LogP contribution in [0.25, 0.3) is 10.2 Å². The van der Waals surface area contributed by atoms with Crippen molar-refractivity contribution in [3.63, 3.8) is 0 Å². The van der Waals surface area contributed by atoms with Gasteiger partial charge in [0.2, 0.25) is 0 Å². The van der Waals surface area contributed by atoms with E-state index < -0.39 is 27.5 Å². The molecule has 7 nitrogen and oxygen atoms in total. The van der Waals surface area contributed by atoms with Crippen LogP contribution in [0, 0.1) is 6.92 Å². The fraction of sp³-hybridized carbons (Fsp3) is 0.286. The largest absolute Gasteiger partial charge is 0.465 e. The Kier molecular flexibility index (Phi) is 6.84. The van der Waals surface area contributed by atoms with Gasteiger partial charge >= 0.3 is 5.97 Å². The average Bonchev–Trinajstić information content (AvgIpc) is 2.97. The van der Waals surface area contributed by atoms with E-state index in [1.165, 1.54) is 11.3 Å². The minimum absolute atomic E-state index is 0.111. The second-order valence-electron chi connectivity index (χ2n) is 6.77.